The molecule has 21 aromatic rings. The van der Waals surface area contributed by atoms with Gasteiger partial charge in [-0.15, -0.1) is 0 Å². The molecule has 0 bridgehead atoms. The number of rotatable bonds is 12. The molecule has 0 aliphatic rings. The SMILES string of the molecule is c1cc(-c2cc(-c3ccc(-c4cccc5ccccc45)cc3)nc(-c3ccc(-c4cc5ccccc5c5ccccc45)cc3)n2)cc(-c2cccc3ccccc23)c1.c1cc(-c2ccc3ccccc3c2)cc(-c2nc(-c3ccc(-c4cccc5ccccc45)cc3)cc(-c3ccc(-c4cncc5ccccc45)cc3)n2)c1. The van der Waals surface area contributed by atoms with E-state index in [1.807, 2.05) is 12.4 Å². The van der Waals surface area contributed by atoms with Crippen LogP contribution in [0.5, 0.6) is 0 Å². The van der Waals surface area contributed by atoms with Crippen LogP contribution in [-0.4, -0.2) is 24.9 Å². The third kappa shape index (κ3) is 12.9. The minimum Gasteiger partial charge on any atom is -0.263 e. The molecule has 0 saturated carbocycles. The lowest BCUT2D eigenvalue weighted by Crippen LogP contribution is -1.96. The first-order chi connectivity index (χ1) is 55.5. The number of fused-ring (bicyclic) bond motifs is 8. The van der Waals surface area contributed by atoms with E-state index in [4.69, 9.17) is 19.9 Å². The number of nitrogens with zero attached hydrogens (tertiary/aromatic N) is 5. The molecule has 0 unspecified atom stereocenters. The average Bonchev–Trinajstić information content (AvgIpc) is 0.735. The van der Waals surface area contributed by atoms with Crippen molar-refractivity contribution >= 4 is 75.4 Å². The molecule has 3 aromatic heterocycles. The summed E-state index contributed by atoms with van der Waals surface area (Å²) in [6.07, 6.45) is 3.86. The van der Waals surface area contributed by atoms with Gasteiger partial charge in [0.25, 0.3) is 0 Å². The zero-order chi connectivity index (χ0) is 74.3. The van der Waals surface area contributed by atoms with E-state index in [2.05, 4.69) is 411 Å². The number of pyridine rings is 1. The maximum Gasteiger partial charge on any atom is 0.160 e. The van der Waals surface area contributed by atoms with E-state index in [0.717, 1.165) is 94.9 Å². The third-order valence-electron chi connectivity index (χ3n) is 21.9. The fourth-order valence-electron chi connectivity index (χ4n) is 16.1. The molecular weight excluding hydrogens is 1360 g/mol. The predicted molar refractivity (Wildman–Crippen MR) is 470 cm³/mol. The summed E-state index contributed by atoms with van der Waals surface area (Å²) < 4.78 is 0. The molecule has 0 saturated heterocycles. The van der Waals surface area contributed by atoms with Crippen LogP contribution < -0.4 is 0 Å². The van der Waals surface area contributed by atoms with E-state index in [-0.39, 0.29) is 0 Å². The van der Waals surface area contributed by atoms with Gasteiger partial charge in [-0.25, -0.2) is 19.9 Å². The fourth-order valence-corrected chi connectivity index (χ4v) is 16.1. The quantitative estimate of drug-likeness (QED) is 0.114. The van der Waals surface area contributed by atoms with Crippen LogP contribution in [0.25, 0.3) is 210 Å². The number of hydrogen-bond acceptors (Lipinski definition) is 5. The zero-order valence-corrected chi connectivity index (χ0v) is 61.1. The lowest BCUT2D eigenvalue weighted by Gasteiger charge is -2.13. The molecule has 18 aromatic carbocycles. The van der Waals surface area contributed by atoms with Gasteiger partial charge in [0.15, 0.2) is 11.6 Å². The lowest BCUT2D eigenvalue weighted by molar-refractivity contribution is 1.18. The molecule has 112 heavy (non-hydrogen) atoms. The Morgan fingerprint density at radius 2 is 0.464 bits per heavy atom. The predicted octanol–water partition coefficient (Wildman–Crippen LogP) is 28.4. The van der Waals surface area contributed by atoms with Crippen molar-refractivity contribution in [3.05, 3.63) is 419 Å². The molecule has 0 aliphatic heterocycles. The molecular formula is C107H69N5. The van der Waals surface area contributed by atoms with Crippen molar-refractivity contribution in [3.63, 3.8) is 0 Å². The van der Waals surface area contributed by atoms with Gasteiger partial charge in [0.2, 0.25) is 0 Å². The van der Waals surface area contributed by atoms with Crippen molar-refractivity contribution in [2.24, 2.45) is 0 Å². The highest BCUT2D eigenvalue weighted by Crippen LogP contribution is 2.41. The van der Waals surface area contributed by atoms with Crippen LogP contribution in [0.3, 0.4) is 0 Å². The van der Waals surface area contributed by atoms with Gasteiger partial charge in [-0.2, -0.15) is 0 Å². The van der Waals surface area contributed by atoms with Crippen molar-refractivity contribution in [2.75, 3.05) is 0 Å². The number of benzene rings is 18. The first-order valence-electron chi connectivity index (χ1n) is 38.1. The number of aromatic nitrogens is 5. The molecule has 0 fully saturated rings. The second-order valence-electron chi connectivity index (χ2n) is 28.6. The van der Waals surface area contributed by atoms with Crippen LogP contribution in [0.4, 0.5) is 0 Å². The second kappa shape index (κ2) is 29.0. The molecule has 0 radical (unpaired) electrons. The van der Waals surface area contributed by atoms with Crippen molar-refractivity contribution in [1.82, 2.24) is 24.9 Å². The van der Waals surface area contributed by atoms with Gasteiger partial charge in [-0.1, -0.05) is 370 Å². The number of hydrogen-bond donors (Lipinski definition) is 0. The Morgan fingerprint density at radius 3 is 1.01 bits per heavy atom. The van der Waals surface area contributed by atoms with Gasteiger partial charge >= 0.3 is 0 Å². The van der Waals surface area contributed by atoms with Gasteiger partial charge in [-0.05, 0) is 168 Å². The maximum atomic E-state index is 5.28. The lowest BCUT2D eigenvalue weighted by atomic mass is 9.93. The molecule has 3 heterocycles. The Morgan fingerprint density at radius 1 is 0.134 bits per heavy atom. The van der Waals surface area contributed by atoms with Crippen LogP contribution in [0.2, 0.25) is 0 Å². The van der Waals surface area contributed by atoms with E-state index in [9.17, 15) is 0 Å². The summed E-state index contributed by atoms with van der Waals surface area (Å²) in [4.78, 5) is 25.5. The minimum absolute atomic E-state index is 0.686. The summed E-state index contributed by atoms with van der Waals surface area (Å²) in [5.74, 6) is 1.38. The Kier molecular flexibility index (Phi) is 17.2. The summed E-state index contributed by atoms with van der Waals surface area (Å²) in [7, 11) is 0. The van der Waals surface area contributed by atoms with Crippen molar-refractivity contribution in [3.8, 4) is 135 Å². The molecule has 0 amide bonds. The Hall–Kier alpha value is -14.9. The minimum atomic E-state index is 0.686. The van der Waals surface area contributed by atoms with Gasteiger partial charge in [0.05, 0.1) is 22.8 Å². The van der Waals surface area contributed by atoms with E-state index in [1.165, 1.54) is 103 Å². The summed E-state index contributed by atoms with van der Waals surface area (Å²) in [6.45, 7) is 0. The molecule has 5 nitrogen and oxygen atoms in total. The van der Waals surface area contributed by atoms with Crippen LogP contribution in [0, 0.1) is 0 Å². The van der Waals surface area contributed by atoms with E-state index in [0.29, 0.717) is 11.6 Å². The van der Waals surface area contributed by atoms with Crippen molar-refractivity contribution < 1.29 is 0 Å². The highest BCUT2D eigenvalue weighted by molar-refractivity contribution is 6.14. The Labute approximate surface area is 649 Å². The van der Waals surface area contributed by atoms with Crippen LogP contribution in [0.15, 0.2) is 419 Å². The third-order valence-corrected chi connectivity index (χ3v) is 21.9. The highest BCUT2D eigenvalue weighted by atomic mass is 14.9. The highest BCUT2D eigenvalue weighted by Gasteiger charge is 2.19. The zero-order valence-electron chi connectivity index (χ0n) is 61.1. The van der Waals surface area contributed by atoms with Crippen molar-refractivity contribution in [1.29, 1.82) is 0 Å². The van der Waals surface area contributed by atoms with Crippen molar-refractivity contribution in [2.45, 2.75) is 0 Å². The van der Waals surface area contributed by atoms with Gasteiger partial charge < -0.3 is 0 Å². The molecule has 5 heteroatoms. The largest absolute Gasteiger partial charge is 0.263 e. The molecule has 0 atom stereocenters. The molecule has 0 aliphatic carbocycles. The first-order valence-corrected chi connectivity index (χ1v) is 38.1. The smallest absolute Gasteiger partial charge is 0.160 e. The second-order valence-corrected chi connectivity index (χ2v) is 28.6. The monoisotopic (exact) mass is 1420 g/mol. The molecule has 0 spiro atoms. The fraction of sp³-hybridized carbons (Fsp3) is 0. The summed E-state index contributed by atoms with van der Waals surface area (Å²) in [5.41, 5.74) is 23.6. The summed E-state index contributed by atoms with van der Waals surface area (Å²) in [5, 5.41) is 17.2. The van der Waals surface area contributed by atoms with E-state index >= 15 is 0 Å². The normalized spacial score (nSPS) is 11.4. The van der Waals surface area contributed by atoms with Crippen LogP contribution in [-0.2, 0) is 0 Å². The van der Waals surface area contributed by atoms with Gasteiger partial charge in [0, 0.05) is 56.7 Å². The van der Waals surface area contributed by atoms with Gasteiger partial charge in [0.1, 0.15) is 0 Å². The van der Waals surface area contributed by atoms with Gasteiger partial charge in [-0.3, -0.25) is 4.98 Å². The van der Waals surface area contributed by atoms with E-state index < -0.39 is 0 Å². The summed E-state index contributed by atoms with van der Waals surface area (Å²) in [6, 6.07) is 145. The first kappa shape index (κ1) is 66.5. The summed E-state index contributed by atoms with van der Waals surface area (Å²) >= 11 is 0. The van der Waals surface area contributed by atoms with E-state index in [1.54, 1.807) is 0 Å². The molecule has 522 valence electrons. The Bertz CT molecular complexity index is 7010. The Balaban J connectivity index is 0.000000146. The van der Waals surface area contributed by atoms with Crippen LogP contribution in [0.1, 0.15) is 0 Å². The average molecular weight is 1420 g/mol. The maximum absolute atomic E-state index is 5.28. The molecule has 21 rings (SSSR count). The molecule has 0 N–H and O–H groups in total. The van der Waals surface area contributed by atoms with Crippen LogP contribution >= 0.6 is 0 Å². The standard InChI is InChI=1S/C56H36N2.C51H33N3/c1-4-19-46-37(12-1)15-10-24-48(46)39-26-30-41(31-27-39)54-36-55(45-18-9-17-43(34-45)49-25-11-16-38-13-2-5-20-47(38)49)58-56(57-54)42-32-28-40(29-33-42)53-35-44-14-3-6-21-50(44)51-22-7-8-23-52(51)53;1-2-11-40-29-42(28-19-34(40)9-1)41-14-7-15-43(30-41)51-53-49(38-24-20-36(21-25-38)46-18-8-13-35-10-3-5-16-45(35)46)31-50(54-51)39-26-22-37(23-27-39)48-33-52-32-44-12-4-6-17-47(44)48/h1-36H;1-33H. The topological polar surface area (TPSA) is 64.5 Å².